The van der Waals surface area contributed by atoms with Crippen LogP contribution in [0.15, 0.2) is 22.7 Å². The van der Waals surface area contributed by atoms with E-state index in [9.17, 15) is 0 Å². The topological polar surface area (TPSA) is 70.6 Å². The third-order valence-corrected chi connectivity index (χ3v) is 3.83. The molecule has 1 heterocycles. The Morgan fingerprint density at radius 3 is 2.88 bits per heavy atom. The minimum absolute atomic E-state index is 0.0537. The quantitative estimate of drug-likeness (QED) is 0.318. The van der Waals surface area contributed by atoms with Crippen molar-refractivity contribution in [3.8, 4) is 0 Å². The van der Waals surface area contributed by atoms with Crippen molar-refractivity contribution in [1.82, 2.24) is 5.32 Å². The monoisotopic (exact) mass is 241 g/mol. The van der Waals surface area contributed by atoms with Crippen molar-refractivity contribution in [3.05, 3.63) is 22.4 Å². The Hall–Kier alpha value is -1.07. The van der Waals surface area contributed by atoms with E-state index in [0.717, 1.165) is 6.54 Å². The molecule has 90 valence electrons. The van der Waals surface area contributed by atoms with Gasteiger partial charge in [0, 0.05) is 16.8 Å². The van der Waals surface area contributed by atoms with E-state index in [1.165, 1.54) is 4.88 Å². The van der Waals surface area contributed by atoms with Crippen LogP contribution >= 0.6 is 11.3 Å². The first-order chi connectivity index (χ1) is 7.47. The van der Waals surface area contributed by atoms with E-state index >= 15 is 0 Å². The van der Waals surface area contributed by atoms with Gasteiger partial charge in [-0.25, -0.2) is 0 Å². The molecule has 0 aromatic carbocycles. The van der Waals surface area contributed by atoms with Gasteiger partial charge in [0.25, 0.3) is 0 Å². The zero-order valence-electron chi connectivity index (χ0n) is 9.90. The van der Waals surface area contributed by atoms with Gasteiger partial charge >= 0.3 is 0 Å². The lowest BCUT2D eigenvalue weighted by Gasteiger charge is -2.25. The molecule has 16 heavy (non-hydrogen) atoms. The van der Waals surface area contributed by atoms with Crippen LogP contribution in [0.25, 0.3) is 0 Å². The lowest BCUT2D eigenvalue weighted by molar-refractivity contribution is 0.314. The SMILES string of the molecule is CC(NCC(C)(C)c1cccs1)/C(N)=N/O. The van der Waals surface area contributed by atoms with Crippen LogP contribution in [0.4, 0.5) is 0 Å². The highest BCUT2D eigenvalue weighted by Crippen LogP contribution is 2.26. The zero-order valence-corrected chi connectivity index (χ0v) is 10.7. The summed E-state index contributed by atoms with van der Waals surface area (Å²) in [6.07, 6.45) is 0. The Kier molecular flexibility index (Phi) is 4.32. The Balaban J connectivity index is 2.55. The van der Waals surface area contributed by atoms with Gasteiger partial charge in [0.15, 0.2) is 5.84 Å². The maximum Gasteiger partial charge on any atom is 0.156 e. The smallest absolute Gasteiger partial charge is 0.156 e. The molecule has 1 aromatic rings. The number of oxime groups is 1. The molecule has 4 N–H and O–H groups in total. The molecule has 0 aliphatic heterocycles. The van der Waals surface area contributed by atoms with Crippen molar-refractivity contribution in [1.29, 1.82) is 0 Å². The first-order valence-corrected chi connectivity index (χ1v) is 6.10. The van der Waals surface area contributed by atoms with Crippen LogP contribution in [0, 0.1) is 0 Å². The molecule has 5 heteroatoms. The van der Waals surface area contributed by atoms with Gasteiger partial charge in [0.2, 0.25) is 0 Å². The third-order valence-electron chi connectivity index (χ3n) is 2.60. The van der Waals surface area contributed by atoms with Crippen molar-refractivity contribution in [2.45, 2.75) is 32.2 Å². The van der Waals surface area contributed by atoms with Crippen molar-refractivity contribution in [2.24, 2.45) is 10.9 Å². The highest BCUT2D eigenvalue weighted by atomic mass is 32.1. The summed E-state index contributed by atoms with van der Waals surface area (Å²) in [4.78, 5) is 1.33. The molecule has 0 saturated heterocycles. The number of hydrogen-bond acceptors (Lipinski definition) is 4. The van der Waals surface area contributed by atoms with E-state index in [1.807, 2.05) is 6.92 Å². The minimum atomic E-state index is -0.121. The van der Waals surface area contributed by atoms with Gasteiger partial charge in [0.05, 0.1) is 6.04 Å². The standard InChI is InChI=1S/C11H19N3OS/c1-8(10(12)14-15)13-7-11(2,3)9-5-4-6-16-9/h4-6,8,13,15H,7H2,1-3H3,(H2,12,14). The minimum Gasteiger partial charge on any atom is -0.409 e. The Morgan fingerprint density at radius 2 is 2.38 bits per heavy atom. The third kappa shape index (κ3) is 3.21. The maximum atomic E-state index is 8.54. The fourth-order valence-corrected chi connectivity index (χ4v) is 2.20. The molecule has 0 aliphatic carbocycles. The summed E-state index contributed by atoms with van der Waals surface area (Å²) in [6, 6.07) is 4.05. The molecule has 0 aliphatic rings. The lowest BCUT2D eigenvalue weighted by atomic mass is 9.91. The molecular weight excluding hydrogens is 222 g/mol. The van der Waals surface area contributed by atoms with E-state index in [2.05, 4.69) is 41.8 Å². The molecule has 1 atom stereocenters. The Morgan fingerprint density at radius 1 is 1.69 bits per heavy atom. The predicted molar refractivity (Wildman–Crippen MR) is 68.2 cm³/mol. The second-order valence-corrected chi connectivity index (χ2v) is 5.44. The molecule has 0 bridgehead atoms. The zero-order chi connectivity index (χ0) is 12.2. The van der Waals surface area contributed by atoms with Crippen LogP contribution in [-0.2, 0) is 5.41 Å². The van der Waals surface area contributed by atoms with E-state index in [0.29, 0.717) is 0 Å². The number of nitrogens with one attached hydrogen (secondary N) is 1. The molecule has 1 unspecified atom stereocenters. The van der Waals surface area contributed by atoms with Gasteiger partial charge in [-0.2, -0.15) is 0 Å². The number of rotatable bonds is 5. The average Bonchev–Trinajstić information content (AvgIpc) is 2.78. The van der Waals surface area contributed by atoms with E-state index in [-0.39, 0.29) is 17.3 Å². The van der Waals surface area contributed by atoms with Crippen molar-refractivity contribution < 1.29 is 5.21 Å². The molecule has 1 aromatic heterocycles. The normalized spacial score (nSPS) is 15.1. The van der Waals surface area contributed by atoms with Gasteiger partial charge in [-0.05, 0) is 18.4 Å². The van der Waals surface area contributed by atoms with Crippen molar-refractivity contribution in [3.63, 3.8) is 0 Å². The van der Waals surface area contributed by atoms with Crippen LogP contribution in [0.5, 0.6) is 0 Å². The maximum absolute atomic E-state index is 8.54. The van der Waals surface area contributed by atoms with Crippen LogP contribution < -0.4 is 11.1 Å². The Labute approximate surface area is 100 Å². The predicted octanol–water partition coefficient (Wildman–Crippen LogP) is 1.75. The number of nitrogens with zero attached hydrogens (tertiary/aromatic N) is 1. The summed E-state index contributed by atoms with van der Waals surface area (Å²) < 4.78 is 0. The van der Waals surface area contributed by atoms with Crippen LogP contribution in [0.2, 0.25) is 0 Å². The van der Waals surface area contributed by atoms with Crippen molar-refractivity contribution >= 4 is 17.2 Å². The average molecular weight is 241 g/mol. The second kappa shape index (κ2) is 5.32. The second-order valence-electron chi connectivity index (χ2n) is 4.49. The van der Waals surface area contributed by atoms with Gasteiger partial charge in [-0.3, -0.25) is 0 Å². The summed E-state index contributed by atoms with van der Waals surface area (Å²) in [7, 11) is 0. The molecular formula is C11H19N3OS. The fraction of sp³-hybridized carbons (Fsp3) is 0.545. The van der Waals surface area contributed by atoms with Gasteiger partial charge in [-0.15, -0.1) is 11.3 Å². The molecule has 0 spiro atoms. The number of amidine groups is 1. The lowest BCUT2D eigenvalue weighted by Crippen LogP contribution is -2.44. The molecule has 0 amide bonds. The molecule has 4 nitrogen and oxygen atoms in total. The molecule has 0 saturated carbocycles. The van der Waals surface area contributed by atoms with E-state index < -0.39 is 0 Å². The first kappa shape index (κ1) is 13.0. The molecule has 0 fully saturated rings. The van der Waals surface area contributed by atoms with E-state index in [1.54, 1.807) is 11.3 Å². The number of nitrogens with two attached hydrogens (primary N) is 1. The van der Waals surface area contributed by atoms with Crippen LogP contribution in [0.1, 0.15) is 25.6 Å². The Bertz CT molecular complexity index is 346. The first-order valence-electron chi connectivity index (χ1n) is 5.22. The summed E-state index contributed by atoms with van der Waals surface area (Å²) in [6.45, 7) is 7.00. The van der Waals surface area contributed by atoms with Gasteiger partial charge in [0.1, 0.15) is 0 Å². The van der Waals surface area contributed by atoms with E-state index in [4.69, 9.17) is 10.9 Å². The number of hydrogen-bond donors (Lipinski definition) is 3. The molecule has 0 radical (unpaired) electrons. The summed E-state index contributed by atoms with van der Waals surface area (Å²) >= 11 is 1.74. The summed E-state index contributed by atoms with van der Waals surface area (Å²) in [5, 5.41) is 16.9. The highest BCUT2D eigenvalue weighted by molar-refractivity contribution is 7.10. The largest absolute Gasteiger partial charge is 0.409 e. The number of thiophene rings is 1. The molecule has 1 rings (SSSR count). The highest BCUT2D eigenvalue weighted by Gasteiger charge is 2.22. The van der Waals surface area contributed by atoms with Crippen LogP contribution in [-0.4, -0.2) is 23.6 Å². The van der Waals surface area contributed by atoms with Gasteiger partial charge < -0.3 is 16.3 Å². The fourth-order valence-electron chi connectivity index (χ4n) is 1.35. The summed E-state index contributed by atoms with van der Waals surface area (Å²) in [5.41, 5.74) is 5.56. The van der Waals surface area contributed by atoms with Gasteiger partial charge in [-0.1, -0.05) is 25.1 Å². The van der Waals surface area contributed by atoms with Crippen LogP contribution in [0.3, 0.4) is 0 Å². The summed E-state index contributed by atoms with van der Waals surface area (Å²) in [5.74, 6) is 0.210. The van der Waals surface area contributed by atoms with Crippen molar-refractivity contribution in [2.75, 3.05) is 6.54 Å².